The second-order valence-corrected chi connectivity index (χ2v) is 8.40. The van der Waals surface area contributed by atoms with Gasteiger partial charge < -0.3 is 25.2 Å². The molecule has 0 amide bonds. The van der Waals surface area contributed by atoms with Crippen molar-refractivity contribution in [2.75, 3.05) is 0 Å². The first-order valence-corrected chi connectivity index (χ1v) is 10.5. The molecule has 2 saturated carbocycles. The Balaban J connectivity index is 1.69. The van der Waals surface area contributed by atoms with E-state index in [1.807, 2.05) is 60.7 Å². The molecule has 4 N–H and O–H groups in total. The summed E-state index contributed by atoms with van der Waals surface area (Å²) in [7, 11) is 0. The summed E-state index contributed by atoms with van der Waals surface area (Å²) in [5.74, 6) is -0.468. The first-order chi connectivity index (χ1) is 14.1. The summed E-state index contributed by atoms with van der Waals surface area (Å²) < 4.78 is 6.69. The first-order valence-electron chi connectivity index (χ1n) is 10.5. The molecule has 29 heavy (non-hydrogen) atoms. The molecule has 0 bridgehead atoms. The van der Waals surface area contributed by atoms with Crippen LogP contribution in [0.2, 0.25) is 0 Å². The highest BCUT2D eigenvalue weighted by Crippen LogP contribution is 2.46. The van der Waals surface area contributed by atoms with Crippen molar-refractivity contribution in [2.24, 2.45) is 11.8 Å². The predicted octanol–water partition coefficient (Wildman–Crippen LogP) is 2.75. The fourth-order valence-corrected chi connectivity index (χ4v) is 4.94. The van der Waals surface area contributed by atoms with Crippen LogP contribution in [-0.4, -0.2) is 44.8 Å². The second-order valence-electron chi connectivity index (χ2n) is 8.40. The van der Waals surface area contributed by atoms with Gasteiger partial charge in [0.2, 0.25) is 0 Å². The van der Waals surface area contributed by atoms with Crippen molar-refractivity contribution in [3.8, 4) is 0 Å². The van der Waals surface area contributed by atoms with E-state index in [0.717, 1.165) is 11.1 Å². The average molecular weight is 398 g/mol. The summed E-state index contributed by atoms with van der Waals surface area (Å²) >= 11 is 0. The minimum Gasteiger partial charge on any atom is -0.390 e. The summed E-state index contributed by atoms with van der Waals surface area (Å²) in [5.41, 5.74) is 1.89. The predicted molar refractivity (Wildman–Crippen MR) is 109 cm³/mol. The fraction of sp³-hybridized carbons (Fsp3) is 0.500. The average Bonchev–Trinajstić information content (AvgIpc) is 3.26. The number of hydrogen-bond donors (Lipinski definition) is 4. The van der Waals surface area contributed by atoms with Crippen LogP contribution in [0.5, 0.6) is 0 Å². The molecule has 0 aliphatic heterocycles. The van der Waals surface area contributed by atoms with E-state index in [4.69, 9.17) is 4.74 Å². The maximum Gasteiger partial charge on any atom is 0.0887 e. The van der Waals surface area contributed by atoms with E-state index in [2.05, 4.69) is 0 Å². The molecular weight excluding hydrogens is 368 g/mol. The number of hydrogen-bond acceptors (Lipinski definition) is 5. The summed E-state index contributed by atoms with van der Waals surface area (Å²) in [5, 5.41) is 41.5. The normalized spacial score (nSPS) is 34.2. The molecule has 0 radical (unpaired) electrons. The lowest BCUT2D eigenvalue weighted by atomic mass is 9.89. The van der Waals surface area contributed by atoms with Gasteiger partial charge in [-0.3, -0.25) is 0 Å². The molecule has 8 atom stereocenters. The van der Waals surface area contributed by atoms with Crippen LogP contribution < -0.4 is 0 Å². The van der Waals surface area contributed by atoms with Gasteiger partial charge in [-0.1, -0.05) is 60.7 Å². The lowest BCUT2D eigenvalue weighted by Crippen LogP contribution is -2.34. The smallest absolute Gasteiger partial charge is 0.0887 e. The molecule has 2 aromatic carbocycles. The van der Waals surface area contributed by atoms with Crippen LogP contribution in [0.3, 0.4) is 0 Å². The van der Waals surface area contributed by atoms with Gasteiger partial charge in [-0.2, -0.15) is 0 Å². The van der Waals surface area contributed by atoms with Crippen molar-refractivity contribution in [3.05, 3.63) is 71.8 Å². The van der Waals surface area contributed by atoms with Gasteiger partial charge in [-0.25, -0.2) is 0 Å². The molecule has 2 aromatic rings. The van der Waals surface area contributed by atoms with Gasteiger partial charge in [0.25, 0.3) is 0 Å². The zero-order valence-corrected chi connectivity index (χ0v) is 16.4. The lowest BCUT2D eigenvalue weighted by Gasteiger charge is -2.35. The molecule has 2 aliphatic carbocycles. The molecule has 5 nitrogen and oxygen atoms in total. The van der Waals surface area contributed by atoms with E-state index in [-0.39, 0.29) is 11.8 Å². The Morgan fingerprint density at radius 1 is 0.586 bits per heavy atom. The quantitative estimate of drug-likeness (QED) is 0.601. The van der Waals surface area contributed by atoms with E-state index in [9.17, 15) is 20.4 Å². The van der Waals surface area contributed by atoms with E-state index in [1.165, 1.54) is 0 Å². The standard InChI is InChI=1S/C24H30O5/c25-19-13-11-17(21(19)27)23(15-7-3-1-4-8-15)29-24(16-9-5-2-6-10-16)18-12-14-20(26)22(18)28/h1-10,17-28H,11-14H2. The maximum atomic E-state index is 10.6. The summed E-state index contributed by atoms with van der Waals surface area (Å²) in [6.07, 6.45) is -1.62. The highest BCUT2D eigenvalue weighted by Gasteiger charge is 2.44. The molecule has 0 aromatic heterocycles. The Kier molecular flexibility index (Phi) is 6.32. The summed E-state index contributed by atoms with van der Waals surface area (Å²) in [6.45, 7) is 0. The number of aliphatic hydroxyl groups excluding tert-OH is 4. The largest absolute Gasteiger partial charge is 0.390 e. The second kappa shape index (κ2) is 8.94. The third-order valence-corrected chi connectivity index (χ3v) is 6.58. The molecule has 156 valence electrons. The van der Waals surface area contributed by atoms with Crippen molar-refractivity contribution in [3.63, 3.8) is 0 Å². The van der Waals surface area contributed by atoms with Crippen molar-refractivity contribution < 1.29 is 25.2 Å². The highest BCUT2D eigenvalue weighted by atomic mass is 16.5. The van der Waals surface area contributed by atoms with Crippen LogP contribution in [0, 0.1) is 11.8 Å². The van der Waals surface area contributed by atoms with Crippen molar-refractivity contribution in [1.29, 1.82) is 0 Å². The van der Waals surface area contributed by atoms with Crippen LogP contribution in [0.25, 0.3) is 0 Å². The molecule has 0 spiro atoms. The van der Waals surface area contributed by atoms with Gasteiger partial charge >= 0.3 is 0 Å². The lowest BCUT2D eigenvalue weighted by molar-refractivity contribution is -0.120. The van der Waals surface area contributed by atoms with Crippen molar-refractivity contribution >= 4 is 0 Å². The zero-order chi connectivity index (χ0) is 20.4. The Morgan fingerprint density at radius 3 is 1.28 bits per heavy atom. The molecular formula is C24H30O5. The Hall–Kier alpha value is -1.76. The topological polar surface area (TPSA) is 90.2 Å². The number of benzene rings is 2. The minimum absolute atomic E-state index is 0.234. The molecule has 5 heteroatoms. The van der Waals surface area contributed by atoms with Gasteiger partial charge in [-0.15, -0.1) is 0 Å². The highest BCUT2D eigenvalue weighted by molar-refractivity contribution is 5.23. The Labute approximate surface area is 171 Å². The minimum atomic E-state index is -0.851. The van der Waals surface area contributed by atoms with Gasteiger partial charge in [0, 0.05) is 11.8 Å². The monoisotopic (exact) mass is 398 g/mol. The molecule has 0 saturated heterocycles. The number of aliphatic hydroxyl groups is 4. The van der Waals surface area contributed by atoms with E-state index in [0.29, 0.717) is 25.7 Å². The Bertz CT molecular complexity index is 702. The number of ether oxygens (including phenoxy) is 1. The van der Waals surface area contributed by atoms with Crippen LogP contribution >= 0.6 is 0 Å². The van der Waals surface area contributed by atoms with E-state index in [1.54, 1.807) is 0 Å². The summed E-state index contributed by atoms with van der Waals surface area (Å²) in [4.78, 5) is 0. The first kappa shape index (κ1) is 20.5. The Morgan fingerprint density at radius 2 is 0.966 bits per heavy atom. The van der Waals surface area contributed by atoms with Gasteiger partial charge in [0.05, 0.1) is 36.6 Å². The fourth-order valence-electron chi connectivity index (χ4n) is 4.94. The summed E-state index contributed by atoms with van der Waals surface area (Å²) in [6, 6.07) is 19.5. The third kappa shape index (κ3) is 4.25. The van der Waals surface area contributed by atoms with E-state index < -0.39 is 36.6 Å². The van der Waals surface area contributed by atoms with Crippen molar-refractivity contribution in [1.82, 2.24) is 0 Å². The van der Waals surface area contributed by atoms with Crippen LogP contribution in [-0.2, 0) is 4.74 Å². The molecule has 2 fully saturated rings. The van der Waals surface area contributed by atoms with Gasteiger partial charge in [0.1, 0.15) is 0 Å². The van der Waals surface area contributed by atoms with Gasteiger partial charge in [-0.05, 0) is 36.8 Å². The van der Waals surface area contributed by atoms with Crippen molar-refractivity contribution in [2.45, 2.75) is 62.3 Å². The number of rotatable bonds is 6. The van der Waals surface area contributed by atoms with Crippen LogP contribution in [0.15, 0.2) is 60.7 Å². The molecule has 2 aliphatic rings. The van der Waals surface area contributed by atoms with Crippen LogP contribution in [0.4, 0.5) is 0 Å². The van der Waals surface area contributed by atoms with Gasteiger partial charge in [0.15, 0.2) is 0 Å². The molecule has 4 rings (SSSR count). The maximum absolute atomic E-state index is 10.6. The van der Waals surface area contributed by atoms with E-state index >= 15 is 0 Å². The molecule has 8 unspecified atom stereocenters. The SMILES string of the molecule is OC1CCC(C(OC(c2ccccc2)C2CCC(O)C2O)c2ccccc2)C1O. The zero-order valence-electron chi connectivity index (χ0n) is 16.4. The third-order valence-electron chi connectivity index (χ3n) is 6.58. The molecule has 0 heterocycles. The van der Waals surface area contributed by atoms with Crippen LogP contribution in [0.1, 0.15) is 49.0 Å².